The van der Waals surface area contributed by atoms with Gasteiger partial charge in [-0.05, 0) is 18.6 Å². The second kappa shape index (κ2) is 5.24. The number of Topliss-reactive ketones (excluding diaryl/α,β-unsaturated/α-hetero) is 1. The van der Waals surface area contributed by atoms with Crippen molar-refractivity contribution in [3.05, 3.63) is 42.5 Å². The third kappa shape index (κ3) is 2.20. The molecule has 2 aromatic heterocycles. The lowest BCUT2D eigenvalue weighted by Gasteiger charge is -2.05. The lowest BCUT2D eigenvalue weighted by molar-refractivity contribution is 0.0962. The molecule has 0 N–H and O–H groups in total. The molecule has 6 nitrogen and oxygen atoms in total. The molecule has 0 aliphatic rings. The zero-order chi connectivity index (χ0) is 13.9. The Kier molecular flexibility index (Phi) is 3.28. The highest BCUT2D eigenvalue weighted by atomic mass is 16.1. The van der Waals surface area contributed by atoms with Gasteiger partial charge in [0.2, 0.25) is 5.78 Å². The summed E-state index contributed by atoms with van der Waals surface area (Å²) in [6, 6.07) is 7.76. The minimum Gasteiger partial charge on any atom is -0.323 e. The molecule has 0 saturated carbocycles. The third-order valence-electron chi connectivity index (χ3n) is 3.18. The average Bonchev–Trinajstić information content (AvgIpc) is 3.07. The van der Waals surface area contributed by atoms with Gasteiger partial charge in [-0.25, -0.2) is 9.67 Å². The SMILES string of the molecule is CCCn1nncc1C(=O)Cn1cnc2ccccc21. The predicted molar refractivity (Wildman–Crippen MR) is 74.4 cm³/mol. The quantitative estimate of drug-likeness (QED) is 0.664. The topological polar surface area (TPSA) is 65.6 Å². The third-order valence-corrected chi connectivity index (χ3v) is 3.18. The van der Waals surface area contributed by atoms with E-state index in [4.69, 9.17) is 0 Å². The van der Waals surface area contributed by atoms with Crippen LogP contribution in [0.2, 0.25) is 0 Å². The van der Waals surface area contributed by atoms with Crippen LogP contribution in [0.3, 0.4) is 0 Å². The van der Waals surface area contributed by atoms with Crippen molar-refractivity contribution in [2.75, 3.05) is 0 Å². The molecule has 0 saturated heterocycles. The first-order chi connectivity index (χ1) is 9.79. The molecule has 0 spiro atoms. The number of para-hydroxylation sites is 2. The van der Waals surface area contributed by atoms with Crippen LogP contribution in [0.4, 0.5) is 0 Å². The standard InChI is InChI=1S/C14H15N5O/c1-2-7-19-13(8-16-17-19)14(20)9-18-10-15-11-5-3-4-6-12(11)18/h3-6,8,10H,2,7,9H2,1H3. The number of carbonyl (C=O) groups excluding carboxylic acids is 1. The lowest BCUT2D eigenvalue weighted by Crippen LogP contribution is -2.15. The smallest absolute Gasteiger partial charge is 0.202 e. The number of fused-ring (bicyclic) bond motifs is 1. The van der Waals surface area contributed by atoms with Gasteiger partial charge in [0.15, 0.2) is 0 Å². The van der Waals surface area contributed by atoms with Gasteiger partial charge in [-0.1, -0.05) is 24.3 Å². The number of aromatic nitrogens is 5. The van der Waals surface area contributed by atoms with Crippen LogP contribution in [0.1, 0.15) is 23.8 Å². The summed E-state index contributed by atoms with van der Waals surface area (Å²) in [4.78, 5) is 16.6. The van der Waals surface area contributed by atoms with Crippen LogP contribution >= 0.6 is 0 Å². The van der Waals surface area contributed by atoms with E-state index in [-0.39, 0.29) is 12.3 Å². The highest BCUT2D eigenvalue weighted by molar-refractivity contribution is 5.94. The van der Waals surface area contributed by atoms with E-state index in [1.54, 1.807) is 11.0 Å². The Morgan fingerprint density at radius 1 is 1.30 bits per heavy atom. The van der Waals surface area contributed by atoms with Crippen molar-refractivity contribution in [2.24, 2.45) is 0 Å². The van der Waals surface area contributed by atoms with Crippen LogP contribution in [0, 0.1) is 0 Å². The number of ketones is 1. The molecule has 0 atom stereocenters. The van der Waals surface area contributed by atoms with Gasteiger partial charge in [0, 0.05) is 6.54 Å². The van der Waals surface area contributed by atoms with Crippen LogP contribution in [0.5, 0.6) is 0 Å². The summed E-state index contributed by atoms with van der Waals surface area (Å²) in [5.41, 5.74) is 2.39. The number of hydrogen-bond acceptors (Lipinski definition) is 4. The Labute approximate surface area is 116 Å². The first kappa shape index (κ1) is 12.5. The summed E-state index contributed by atoms with van der Waals surface area (Å²) >= 11 is 0. The van der Waals surface area contributed by atoms with Crippen LogP contribution in [-0.4, -0.2) is 30.3 Å². The van der Waals surface area contributed by atoms with Gasteiger partial charge >= 0.3 is 0 Å². The zero-order valence-electron chi connectivity index (χ0n) is 11.2. The maximum absolute atomic E-state index is 12.4. The zero-order valence-corrected chi connectivity index (χ0v) is 11.2. The number of aryl methyl sites for hydroxylation is 1. The molecule has 0 aliphatic heterocycles. The van der Waals surface area contributed by atoms with E-state index in [0.29, 0.717) is 12.2 Å². The van der Waals surface area contributed by atoms with E-state index in [1.165, 1.54) is 6.20 Å². The largest absolute Gasteiger partial charge is 0.323 e. The van der Waals surface area contributed by atoms with Crippen LogP contribution in [-0.2, 0) is 13.1 Å². The number of hydrogen-bond donors (Lipinski definition) is 0. The van der Waals surface area contributed by atoms with Crippen LogP contribution in [0.15, 0.2) is 36.8 Å². The van der Waals surface area contributed by atoms with Crippen molar-refractivity contribution in [1.29, 1.82) is 0 Å². The van der Waals surface area contributed by atoms with Gasteiger partial charge in [0.05, 0.1) is 30.1 Å². The minimum absolute atomic E-state index is 0.00777. The molecule has 20 heavy (non-hydrogen) atoms. The summed E-state index contributed by atoms with van der Waals surface area (Å²) in [6.45, 7) is 2.99. The Bertz CT molecular complexity index is 743. The van der Waals surface area contributed by atoms with E-state index < -0.39 is 0 Å². The number of benzene rings is 1. The van der Waals surface area contributed by atoms with Gasteiger partial charge < -0.3 is 4.57 Å². The maximum Gasteiger partial charge on any atom is 0.202 e. The first-order valence-corrected chi connectivity index (χ1v) is 6.61. The highest BCUT2D eigenvalue weighted by Crippen LogP contribution is 2.12. The summed E-state index contributed by atoms with van der Waals surface area (Å²) in [7, 11) is 0. The molecule has 0 radical (unpaired) electrons. The maximum atomic E-state index is 12.4. The normalized spacial score (nSPS) is 11.1. The molecule has 6 heteroatoms. The van der Waals surface area contributed by atoms with E-state index >= 15 is 0 Å². The molecule has 0 bridgehead atoms. The molecular weight excluding hydrogens is 254 g/mol. The van der Waals surface area contributed by atoms with Gasteiger partial charge in [-0.2, -0.15) is 0 Å². The van der Waals surface area contributed by atoms with Crippen molar-refractivity contribution in [3.8, 4) is 0 Å². The number of carbonyl (C=O) groups is 1. The van der Waals surface area contributed by atoms with Crippen LogP contribution < -0.4 is 0 Å². The molecule has 3 aromatic rings. The molecule has 0 amide bonds. The molecule has 0 aliphatic carbocycles. The average molecular weight is 269 g/mol. The van der Waals surface area contributed by atoms with E-state index in [2.05, 4.69) is 15.3 Å². The second-order valence-electron chi connectivity index (χ2n) is 4.63. The van der Waals surface area contributed by atoms with E-state index in [1.807, 2.05) is 35.8 Å². The number of nitrogens with zero attached hydrogens (tertiary/aromatic N) is 5. The Morgan fingerprint density at radius 3 is 3.00 bits per heavy atom. The fourth-order valence-corrected chi connectivity index (χ4v) is 2.22. The van der Waals surface area contributed by atoms with Crippen molar-refractivity contribution < 1.29 is 4.79 Å². The summed E-state index contributed by atoms with van der Waals surface area (Å²) in [6.07, 6.45) is 4.13. The van der Waals surface area contributed by atoms with Crippen molar-refractivity contribution in [1.82, 2.24) is 24.5 Å². The van der Waals surface area contributed by atoms with E-state index in [9.17, 15) is 4.79 Å². The molecule has 1 aromatic carbocycles. The first-order valence-electron chi connectivity index (χ1n) is 6.61. The predicted octanol–water partition coefficient (Wildman–Crippen LogP) is 1.92. The van der Waals surface area contributed by atoms with Crippen molar-refractivity contribution >= 4 is 16.8 Å². The van der Waals surface area contributed by atoms with E-state index in [0.717, 1.165) is 17.5 Å². The summed E-state index contributed by atoms with van der Waals surface area (Å²) in [5.74, 6) is -0.00777. The molecular formula is C14H15N5O. The van der Waals surface area contributed by atoms with Crippen molar-refractivity contribution in [2.45, 2.75) is 26.4 Å². The van der Waals surface area contributed by atoms with Gasteiger partial charge in [-0.3, -0.25) is 4.79 Å². The monoisotopic (exact) mass is 269 g/mol. The van der Waals surface area contributed by atoms with Gasteiger partial charge in [0.1, 0.15) is 5.69 Å². The second-order valence-corrected chi connectivity index (χ2v) is 4.63. The Hall–Kier alpha value is -2.50. The highest BCUT2D eigenvalue weighted by Gasteiger charge is 2.14. The Morgan fingerprint density at radius 2 is 2.15 bits per heavy atom. The van der Waals surface area contributed by atoms with Gasteiger partial charge in [0.25, 0.3) is 0 Å². The number of imidazole rings is 1. The molecule has 102 valence electrons. The molecule has 3 rings (SSSR count). The van der Waals surface area contributed by atoms with Crippen molar-refractivity contribution in [3.63, 3.8) is 0 Å². The summed E-state index contributed by atoms with van der Waals surface area (Å²) < 4.78 is 3.50. The summed E-state index contributed by atoms with van der Waals surface area (Å²) in [5, 5.41) is 7.76. The minimum atomic E-state index is -0.00777. The molecule has 0 fully saturated rings. The molecule has 0 unspecified atom stereocenters. The number of rotatable bonds is 5. The fraction of sp³-hybridized carbons (Fsp3) is 0.286. The lowest BCUT2D eigenvalue weighted by atomic mass is 10.2. The Balaban J connectivity index is 1.87. The van der Waals surface area contributed by atoms with Gasteiger partial charge in [-0.15, -0.1) is 5.10 Å². The fourth-order valence-electron chi connectivity index (χ4n) is 2.22. The molecule has 2 heterocycles. The van der Waals surface area contributed by atoms with Crippen LogP contribution in [0.25, 0.3) is 11.0 Å².